The summed E-state index contributed by atoms with van der Waals surface area (Å²) in [7, 11) is 0. The lowest BCUT2D eigenvalue weighted by atomic mass is 9.72. The van der Waals surface area contributed by atoms with Crippen LogP contribution in [-0.2, 0) is 17.5 Å². The Hall–Kier alpha value is -1.56. The van der Waals surface area contributed by atoms with Crippen LogP contribution in [0.3, 0.4) is 0 Å². The molecule has 0 saturated carbocycles. The standard InChI is InChI=1S/C17H21F3N2O/c18-17(19,20)14-5-2-1-4-13(14)12-22-11-3-6-16(15(22)23)7-9-21-10-8-16/h1-2,4-5,21H,3,6-12H2. The number of alkyl halides is 3. The second kappa shape index (κ2) is 6.15. The topological polar surface area (TPSA) is 32.3 Å². The van der Waals surface area contributed by atoms with E-state index in [-0.39, 0.29) is 23.4 Å². The van der Waals surface area contributed by atoms with Crippen LogP contribution < -0.4 is 5.32 Å². The van der Waals surface area contributed by atoms with Crippen molar-refractivity contribution in [3.05, 3.63) is 35.4 Å². The number of rotatable bonds is 2. The summed E-state index contributed by atoms with van der Waals surface area (Å²) in [4.78, 5) is 14.5. The van der Waals surface area contributed by atoms with E-state index >= 15 is 0 Å². The van der Waals surface area contributed by atoms with Gasteiger partial charge in [-0.3, -0.25) is 4.79 Å². The Balaban J connectivity index is 1.82. The molecular formula is C17H21F3N2O. The largest absolute Gasteiger partial charge is 0.416 e. The van der Waals surface area contributed by atoms with Gasteiger partial charge >= 0.3 is 6.18 Å². The minimum absolute atomic E-state index is 0.0298. The zero-order valence-corrected chi connectivity index (χ0v) is 13.0. The van der Waals surface area contributed by atoms with Crippen molar-refractivity contribution in [2.75, 3.05) is 19.6 Å². The first-order valence-electron chi connectivity index (χ1n) is 8.08. The fourth-order valence-electron chi connectivity index (χ4n) is 3.81. The number of nitrogens with one attached hydrogen (secondary N) is 1. The van der Waals surface area contributed by atoms with Crippen LogP contribution in [0.4, 0.5) is 13.2 Å². The fourth-order valence-corrected chi connectivity index (χ4v) is 3.81. The highest BCUT2D eigenvalue weighted by molar-refractivity contribution is 5.83. The van der Waals surface area contributed by atoms with Gasteiger partial charge in [0.2, 0.25) is 5.91 Å². The molecule has 126 valence electrons. The van der Waals surface area contributed by atoms with E-state index in [1.807, 2.05) is 0 Å². The average Bonchev–Trinajstić information content (AvgIpc) is 2.52. The van der Waals surface area contributed by atoms with Crippen LogP contribution in [0, 0.1) is 5.41 Å². The van der Waals surface area contributed by atoms with Crippen molar-refractivity contribution in [3.8, 4) is 0 Å². The summed E-state index contributed by atoms with van der Waals surface area (Å²) in [6, 6.07) is 5.54. The van der Waals surface area contributed by atoms with Crippen molar-refractivity contribution in [3.63, 3.8) is 0 Å². The van der Waals surface area contributed by atoms with Gasteiger partial charge in [-0.25, -0.2) is 0 Å². The number of piperidine rings is 2. The molecule has 3 nitrogen and oxygen atoms in total. The van der Waals surface area contributed by atoms with E-state index in [2.05, 4.69) is 5.32 Å². The van der Waals surface area contributed by atoms with Crippen molar-refractivity contribution in [1.82, 2.24) is 10.2 Å². The maximum atomic E-state index is 13.1. The number of nitrogens with zero attached hydrogens (tertiary/aromatic N) is 1. The predicted octanol–water partition coefficient (Wildman–Crippen LogP) is 3.20. The summed E-state index contributed by atoms with van der Waals surface area (Å²) >= 11 is 0. The van der Waals surface area contributed by atoms with Gasteiger partial charge in [0.1, 0.15) is 0 Å². The van der Waals surface area contributed by atoms with Crippen molar-refractivity contribution < 1.29 is 18.0 Å². The van der Waals surface area contributed by atoms with E-state index in [4.69, 9.17) is 0 Å². The number of benzene rings is 1. The minimum Gasteiger partial charge on any atom is -0.338 e. The molecule has 1 amide bonds. The Bertz CT molecular complexity index is 574. The van der Waals surface area contributed by atoms with Gasteiger partial charge in [-0.1, -0.05) is 18.2 Å². The zero-order chi connectivity index (χ0) is 16.5. The first-order valence-corrected chi connectivity index (χ1v) is 8.08. The van der Waals surface area contributed by atoms with Crippen LogP contribution in [0.25, 0.3) is 0 Å². The molecule has 0 radical (unpaired) electrons. The maximum Gasteiger partial charge on any atom is 0.416 e. The van der Waals surface area contributed by atoms with Crippen molar-refractivity contribution in [2.24, 2.45) is 5.41 Å². The first kappa shape index (κ1) is 16.3. The minimum atomic E-state index is -4.39. The van der Waals surface area contributed by atoms with Gasteiger partial charge in [0.05, 0.1) is 11.0 Å². The van der Waals surface area contributed by atoms with Gasteiger partial charge in [0.15, 0.2) is 0 Å². The van der Waals surface area contributed by atoms with Crippen LogP contribution in [0.5, 0.6) is 0 Å². The molecule has 0 aliphatic carbocycles. The average molecular weight is 326 g/mol. The molecule has 1 aromatic rings. The monoisotopic (exact) mass is 326 g/mol. The number of carbonyl (C=O) groups excluding carboxylic acids is 1. The Kier molecular flexibility index (Phi) is 4.36. The number of hydrogen-bond donors (Lipinski definition) is 1. The molecule has 0 unspecified atom stereocenters. The number of halogens is 3. The molecule has 0 aromatic heterocycles. The fraction of sp³-hybridized carbons (Fsp3) is 0.588. The highest BCUT2D eigenvalue weighted by Crippen LogP contribution is 2.40. The van der Waals surface area contributed by atoms with Crippen LogP contribution in [-0.4, -0.2) is 30.4 Å². The molecule has 0 bridgehead atoms. The van der Waals surface area contributed by atoms with E-state index in [1.165, 1.54) is 12.1 Å². The molecule has 6 heteroatoms. The lowest BCUT2D eigenvalue weighted by molar-refractivity contribution is -0.150. The Morgan fingerprint density at radius 3 is 2.52 bits per heavy atom. The number of hydrogen-bond acceptors (Lipinski definition) is 2. The van der Waals surface area contributed by atoms with E-state index in [9.17, 15) is 18.0 Å². The Morgan fingerprint density at radius 2 is 1.83 bits per heavy atom. The molecule has 1 N–H and O–H groups in total. The molecule has 3 rings (SSSR count). The van der Waals surface area contributed by atoms with Gasteiger partial charge in [-0.2, -0.15) is 13.2 Å². The SMILES string of the molecule is O=C1N(Cc2ccccc2C(F)(F)F)CCCC12CCNCC2. The highest BCUT2D eigenvalue weighted by atomic mass is 19.4. The maximum absolute atomic E-state index is 13.1. The van der Waals surface area contributed by atoms with Gasteiger partial charge in [0.25, 0.3) is 0 Å². The number of amides is 1. The smallest absolute Gasteiger partial charge is 0.338 e. The zero-order valence-electron chi connectivity index (χ0n) is 13.0. The number of likely N-dealkylation sites (tertiary alicyclic amines) is 1. The normalized spacial score (nSPS) is 21.7. The summed E-state index contributed by atoms with van der Waals surface area (Å²) < 4.78 is 39.4. The summed E-state index contributed by atoms with van der Waals surface area (Å²) in [5.74, 6) is 0.0298. The Morgan fingerprint density at radius 1 is 1.13 bits per heavy atom. The Labute approximate surface area is 133 Å². The highest BCUT2D eigenvalue weighted by Gasteiger charge is 2.44. The second-order valence-electron chi connectivity index (χ2n) is 6.52. The van der Waals surface area contributed by atoms with Crippen molar-refractivity contribution >= 4 is 5.91 Å². The molecule has 2 fully saturated rings. The molecule has 2 aliphatic rings. The van der Waals surface area contributed by atoms with Gasteiger partial charge in [-0.05, 0) is 50.4 Å². The summed E-state index contributed by atoms with van der Waals surface area (Å²) in [5, 5.41) is 3.25. The quantitative estimate of drug-likeness (QED) is 0.905. The molecule has 1 aromatic carbocycles. The second-order valence-corrected chi connectivity index (χ2v) is 6.52. The molecule has 2 saturated heterocycles. The summed E-state index contributed by atoms with van der Waals surface area (Å²) in [5.41, 5.74) is -0.825. The molecule has 1 spiro atoms. The van der Waals surface area contributed by atoms with Gasteiger partial charge < -0.3 is 10.2 Å². The molecular weight excluding hydrogens is 305 g/mol. The predicted molar refractivity (Wildman–Crippen MR) is 80.6 cm³/mol. The third-order valence-electron chi connectivity index (χ3n) is 5.07. The lowest BCUT2D eigenvalue weighted by Crippen LogP contribution is -2.52. The molecule has 23 heavy (non-hydrogen) atoms. The van der Waals surface area contributed by atoms with E-state index < -0.39 is 11.7 Å². The van der Waals surface area contributed by atoms with Crippen LogP contribution in [0.2, 0.25) is 0 Å². The first-order chi connectivity index (χ1) is 10.9. The third-order valence-corrected chi connectivity index (χ3v) is 5.07. The van der Waals surface area contributed by atoms with Crippen molar-refractivity contribution in [1.29, 1.82) is 0 Å². The van der Waals surface area contributed by atoms with E-state index in [0.717, 1.165) is 44.8 Å². The van der Waals surface area contributed by atoms with Crippen LogP contribution in [0.15, 0.2) is 24.3 Å². The lowest BCUT2D eigenvalue weighted by Gasteiger charge is -2.44. The van der Waals surface area contributed by atoms with Crippen LogP contribution >= 0.6 is 0 Å². The summed E-state index contributed by atoms with van der Waals surface area (Å²) in [6.07, 6.45) is -1.11. The number of carbonyl (C=O) groups is 1. The molecule has 0 atom stereocenters. The van der Waals surface area contributed by atoms with Gasteiger partial charge in [-0.15, -0.1) is 0 Å². The third kappa shape index (κ3) is 3.22. The van der Waals surface area contributed by atoms with E-state index in [0.29, 0.717) is 6.54 Å². The van der Waals surface area contributed by atoms with Gasteiger partial charge in [0, 0.05) is 13.1 Å². The molecule has 2 aliphatic heterocycles. The van der Waals surface area contributed by atoms with E-state index in [1.54, 1.807) is 11.0 Å². The van der Waals surface area contributed by atoms with Crippen LogP contribution in [0.1, 0.15) is 36.8 Å². The van der Waals surface area contributed by atoms with Crippen molar-refractivity contribution in [2.45, 2.75) is 38.4 Å². The molecule has 2 heterocycles. The summed E-state index contributed by atoms with van der Waals surface area (Å²) in [6.45, 7) is 2.20.